The Labute approximate surface area is 61.0 Å². The summed E-state index contributed by atoms with van der Waals surface area (Å²) in [5.41, 5.74) is 10.8. The molecule has 0 spiro atoms. The Balaban J connectivity index is 3.92. The van der Waals surface area contributed by atoms with E-state index in [2.05, 4.69) is 5.32 Å². The topological polar surface area (TPSA) is 81.1 Å². The van der Waals surface area contributed by atoms with Crippen molar-refractivity contribution >= 4 is 5.78 Å². The van der Waals surface area contributed by atoms with E-state index in [9.17, 15) is 4.79 Å². The van der Waals surface area contributed by atoms with Gasteiger partial charge in [-0.25, -0.2) is 0 Å². The maximum atomic E-state index is 10.8. The fraction of sp³-hybridized carbons (Fsp3) is 0.833. The number of ketones is 1. The van der Waals surface area contributed by atoms with Gasteiger partial charge in [0.15, 0.2) is 0 Å². The van der Waals surface area contributed by atoms with Crippen molar-refractivity contribution in [3.63, 3.8) is 0 Å². The van der Waals surface area contributed by atoms with Crippen molar-refractivity contribution in [1.29, 1.82) is 0 Å². The SMILES string of the molecule is CNC(C(C)=O)C(N)CN. The van der Waals surface area contributed by atoms with E-state index in [1.807, 2.05) is 0 Å². The fourth-order valence-electron chi connectivity index (χ4n) is 0.855. The van der Waals surface area contributed by atoms with Gasteiger partial charge in [-0.15, -0.1) is 0 Å². The lowest BCUT2D eigenvalue weighted by Gasteiger charge is -2.18. The lowest BCUT2D eigenvalue weighted by atomic mass is 10.1. The molecule has 0 aromatic heterocycles. The van der Waals surface area contributed by atoms with Gasteiger partial charge >= 0.3 is 0 Å². The van der Waals surface area contributed by atoms with Crippen molar-refractivity contribution in [3.05, 3.63) is 0 Å². The molecule has 4 nitrogen and oxygen atoms in total. The minimum Gasteiger partial charge on any atom is -0.329 e. The summed E-state index contributed by atoms with van der Waals surface area (Å²) in [4.78, 5) is 10.8. The van der Waals surface area contributed by atoms with Gasteiger partial charge in [0, 0.05) is 12.6 Å². The molecular weight excluding hydrogens is 130 g/mol. The second-order valence-electron chi connectivity index (χ2n) is 2.28. The van der Waals surface area contributed by atoms with Crippen LogP contribution in [-0.2, 0) is 4.79 Å². The Hall–Kier alpha value is -0.450. The maximum Gasteiger partial charge on any atom is 0.148 e. The van der Waals surface area contributed by atoms with Crippen LogP contribution in [0.4, 0.5) is 0 Å². The summed E-state index contributed by atoms with van der Waals surface area (Å²) in [6.45, 7) is 1.82. The summed E-state index contributed by atoms with van der Waals surface area (Å²) < 4.78 is 0. The number of hydrogen-bond donors (Lipinski definition) is 3. The summed E-state index contributed by atoms with van der Waals surface area (Å²) >= 11 is 0. The molecule has 0 bridgehead atoms. The third-order valence-corrected chi connectivity index (χ3v) is 1.45. The molecule has 2 atom stereocenters. The number of carbonyl (C=O) groups is 1. The molecule has 4 heteroatoms. The zero-order valence-electron chi connectivity index (χ0n) is 6.42. The molecule has 0 saturated heterocycles. The third-order valence-electron chi connectivity index (χ3n) is 1.45. The average Bonchev–Trinajstić information content (AvgIpc) is 1.88. The summed E-state index contributed by atoms with van der Waals surface area (Å²) in [5, 5.41) is 2.80. The van der Waals surface area contributed by atoms with Gasteiger partial charge in [-0.2, -0.15) is 0 Å². The minimum absolute atomic E-state index is 0.0282. The van der Waals surface area contributed by atoms with Gasteiger partial charge in [0.1, 0.15) is 5.78 Å². The molecule has 0 aliphatic heterocycles. The second kappa shape index (κ2) is 4.38. The van der Waals surface area contributed by atoms with Crippen molar-refractivity contribution in [3.8, 4) is 0 Å². The van der Waals surface area contributed by atoms with E-state index < -0.39 is 0 Å². The first-order valence-corrected chi connectivity index (χ1v) is 3.26. The standard InChI is InChI=1S/C6H15N3O/c1-4(10)6(9-2)5(8)3-7/h5-6,9H,3,7-8H2,1-2H3. The largest absolute Gasteiger partial charge is 0.329 e. The number of rotatable bonds is 4. The van der Waals surface area contributed by atoms with Crippen LogP contribution in [0.2, 0.25) is 0 Å². The van der Waals surface area contributed by atoms with Crippen LogP contribution in [0.5, 0.6) is 0 Å². The zero-order valence-corrected chi connectivity index (χ0v) is 6.42. The first-order chi connectivity index (χ1) is 4.63. The summed E-state index contributed by atoms with van der Waals surface area (Å²) in [6.07, 6.45) is 0. The summed E-state index contributed by atoms with van der Waals surface area (Å²) in [7, 11) is 1.70. The summed E-state index contributed by atoms with van der Waals surface area (Å²) in [6, 6.07) is -0.576. The number of nitrogens with one attached hydrogen (secondary N) is 1. The molecule has 0 rings (SSSR count). The average molecular weight is 145 g/mol. The van der Waals surface area contributed by atoms with Gasteiger partial charge in [0.05, 0.1) is 6.04 Å². The van der Waals surface area contributed by atoms with Crippen LogP contribution in [0.1, 0.15) is 6.92 Å². The smallest absolute Gasteiger partial charge is 0.148 e. The molecule has 5 N–H and O–H groups in total. The van der Waals surface area contributed by atoms with Gasteiger partial charge in [-0.05, 0) is 14.0 Å². The van der Waals surface area contributed by atoms with Gasteiger partial charge in [0.2, 0.25) is 0 Å². The molecule has 60 valence electrons. The highest BCUT2D eigenvalue weighted by Crippen LogP contribution is 1.88. The molecule has 0 aliphatic rings. The van der Waals surface area contributed by atoms with E-state index in [1.54, 1.807) is 7.05 Å². The molecule has 0 aromatic rings. The van der Waals surface area contributed by atoms with E-state index in [0.29, 0.717) is 6.54 Å². The van der Waals surface area contributed by atoms with Gasteiger partial charge in [-0.3, -0.25) is 4.79 Å². The molecule has 2 unspecified atom stereocenters. The first kappa shape index (κ1) is 9.55. The number of nitrogens with two attached hydrogens (primary N) is 2. The molecule has 10 heavy (non-hydrogen) atoms. The Morgan fingerprint density at radius 3 is 2.30 bits per heavy atom. The van der Waals surface area contributed by atoms with E-state index in [1.165, 1.54) is 6.92 Å². The molecule has 0 saturated carbocycles. The van der Waals surface area contributed by atoms with Gasteiger partial charge < -0.3 is 16.8 Å². The van der Waals surface area contributed by atoms with E-state index in [-0.39, 0.29) is 17.9 Å². The maximum absolute atomic E-state index is 10.8. The van der Waals surface area contributed by atoms with Crippen molar-refractivity contribution < 1.29 is 4.79 Å². The van der Waals surface area contributed by atoms with Crippen LogP contribution in [0, 0.1) is 0 Å². The molecule has 0 aromatic carbocycles. The number of likely N-dealkylation sites (N-methyl/N-ethyl adjacent to an activating group) is 1. The number of carbonyl (C=O) groups excluding carboxylic acids is 1. The van der Waals surface area contributed by atoms with Crippen LogP contribution in [-0.4, -0.2) is 31.5 Å². The van der Waals surface area contributed by atoms with Crippen molar-refractivity contribution in [2.24, 2.45) is 11.5 Å². The van der Waals surface area contributed by atoms with E-state index >= 15 is 0 Å². The van der Waals surface area contributed by atoms with Crippen molar-refractivity contribution in [2.75, 3.05) is 13.6 Å². The predicted octanol–water partition coefficient (Wildman–Crippen LogP) is -1.55. The third kappa shape index (κ3) is 2.43. The zero-order chi connectivity index (χ0) is 8.15. The van der Waals surface area contributed by atoms with Crippen LogP contribution >= 0.6 is 0 Å². The Bertz CT molecular complexity index is 116. The van der Waals surface area contributed by atoms with Crippen LogP contribution in [0.3, 0.4) is 0 Å². The summed E-state index contributed by atoms with van der Waals surface area (Å²) in [5.74, 6) is 0.0282. The first-order valence-electron chi connectivity index (χ1n) is 3.26. The molecule has 0 heterocycles. The van der Waals surface area contributed by atoms with E-state index in [0.717, 1.165) is 0 Å². The predicted molar refractivity (Wildman–Crippen MR) is 40.6 cm³/mol. The number of Topliss-reactive ketones (excluding diaryl/α,β-unsaturated/α-hetero) is 1. The molecule has 0 radical (unpaired) electrons. The second-order valence-corrected chi connectivity index (χ2v) is 2.28. The van der Waals surface area contributed by atoms with Crippen LogP contribution in [0.15, 0.2) is 0 Å². The highest BCUT2D eigenvalue weighted by molar-refractivity contribution is 5.82. The van der Waals surface area contributed by atoms with Crippen LogP contribution in [0.25, 0.3) is 0 Å². The molecule has 0 amide bonds. The lowest BCUT2D eigenvalue weighted by molar-refractivity contribution is -0.119. The molecular formula is C6H15N3O. The minimum atomic E-state index is -0.301. The Morgan fingerprint density at radius 2 is 2.20 bits per heavy atom. The van der Waals surface area contributed by atoms with Crippen LogP contribution < -0.4 is 16.8 Å². The fourth-order valence-corrected chi connectivity index (χ4v) is 0.855. The van der Waals surface area contributed by atoms with Crippen molar-refractivity contribution in [2.45, 2.75) is 19.0 Å². The Kier molecular flexibility index (Phi) is 4.18. The van der Waals surface area contributed by atoms with Gasteiger partial charge in [0.25, 0.3) is 0 Å². The van der Waals surface area contributed by atoms with E-state index in [4.69, 9.17) is 11.5 Å². The highest BCUT2D eigenvalue weighted by atomic mass is 16.1. The van der Waals surface area contributed by atoms with Gasteiger partial charge in [-0.1, -0.05) is 0 Å². The van der Waals surface area contributed by atoms with Crippen molar-refractivity contribution in [1.82, 2.24) is 5.32 Å². The quantitative estimate of drug-likeness (QED) is 0.447. The highest BCUT2D eigenvalue weighted by Gasteiger charge is 2.18. The normalized spacial score (nSPS) is 16.4. The molecule has 0 aliphatic carbocycles. The Morgan fingerprint density at radius 1 is 1.70 bits per heavy atom. The lowest BCUT2D eigenvalue weighted by Crippen LogP contribution is -2.51. The number of hydrogen-bond acceptors (Lipinski definition) is 4. The monoisotopic (exact) mass is 145 g/mol. The molecule has 0 fully saturated rings.